The maximum Gasteiger partial charge on any atom is 0.224 e. The number of fused-ring (bicyclic) bond motifs is 1. The number of nitrogens with one attached hydrogen (secondary N) is 1. The van der Waals surface area contributed by atoms with Gasteiger partial charge >= 0.3 is 0 Å². The van der Waals surface area contributed by atoms with Crippen LogP contribution >= 0.6 is 0 Å². The van der Waals surface area contributed by atoms with Crippen LogP contribution in [0.4, 0.5) is 0 Å². The van der Waals surface area contributed by atoms with Crippen LogP contribution in [0.2, 0.25) is 0 Å². The molecule has 0 radical (unpaired) electrons. The van der Waals surface area contributed by atoms with Crippen molar-refractivity contribution in [2.24, 2.45) is 0 Å². The summed E-state index contributed by atoms with van der Waals surface area (Å²) in [5.74, 6) is 1.54. The van der Waals surface area contributed by atoms with E-state index in [4.69, 9.17) is 9.47 Å². The lowest BCUT2D eigenvalue weighted by Crippen LogP contribution is -2.50. The zero-order chi connectivity index (χ0) is 16.3. The van der Waals surface area contributed by atoms with Crippen molar-refractivity contribution in [3.63, 3.8) is 0 Å². The predicted octanol–water partition coefficient (Wildman–Crippen LogP) is 1.99. The van der Waals surface area contributed by atoms with Crippen molar-refractivity contribution < 1.29 is 14.3 Å². The van der Waals surface area contributed by atoms with Gasteiger partial charge in [-0.2, -0.15) is 0 Å². The van der Waals surface area contributed by atoms with Gasteiger partial charge in [0, 0.05) is 12.1 Å². The summed E-state index contributed by atoms with van der Waals surface area (Å²) in [6.45, 7) is 8.48. The van der Waals surface area contributed by atoms with E-state index in [1.165, 1.54) is 12.8 Å². The van der Waals surface area contributed by atoms with Crippen LogP contribution in [-0.2, 0) is 11.2 Å². The highest BCUT2D eigenvalue weighted by Gasteiger charge is 2.29. The van der Waals surface area contributed by atoms with Crippen molar-refractivity contribution in [3.8, 4) is 11.5 Å². The average Bonchev–Trinajstić information content (AvgIpc) is 3.08. The molecule has 1 saturated heterocycles. The maximum atomic E-state index is 12.2. The molecule has 1 aromatic carbocycles. The van der Waals surface area contributed by atoms with Gasteiger partial charge in [-0.25, -0.2) is 0 Å². The first-order chi connectivity index (χ1) is 11.0. The maximum absolute atomic E-state index is 12.2. The Hall–Kier alpha value is -1.75. The highest BCUT2D eigenvalue weighted by Crippen LogP contribution is 2.30. The predicted molar refractivity (Wildman–Crippen MR) is 89.0 cm³/mol. The molecule has 1 aromatic rings. The van der Waals surface area contributed by atoms with Crippen LogP contribution < -0.4 is 14.8 Å². The summed E-state index contributed by atoms with van der Waals surface area (Å²) in [6, 6.07) is 5.71. The molecule has 23 heavy (non-hydrogen) atoms. The molecule has 0 atom stereocenters. The van der Waals surface area contributed by atoms with Gasteiger partial charge in [0.15, 0.2) is 11.5 Å². The number of benzene rings is 1. The molecule has 1 amide bonds. The molecule has 0 bridgehead atoms. The molecule has 5 nitrogen and oxygen atoms in total. The average molecular weight is 318 g/mol. The Morgan fingerprint density at radius 1 is 1.17 bits per heavy atom. The lowest BCUT2D eigenvalue weighted by Gasteiger charge is -2.35. The van der Waals surface area contributed by atoms with Crippen LogP contribution in [0.5, 0.6) is 11.5 Å². The highest BCUT2D eigenvalue weighted by molar-refractivity contribution is 5.78. The fraction of sp³-hybridized carbons (Fsp3) is 0.611. The second kappa shape index (κ2) is 6.79. The van der Waals surface area contributed by atoms with Crippen molar-refractivity contribution in [3.05, 3.63) is 23.8 Å². The normalized spacial score (nSPS) is 18.0. The molecule has 1 N–H and O–H groups in total. The summed E-state index contributed by atoms with van der Waals surface area (Å²) < 4.78 is 11.1. The van der Waals surface area contributed by atoms with E-state index in [0.29, 0.717) is 26.2 Å². The Morgan fingerprint density at radius 3 is 2.61 bits per heavy atom. The smallest absolute Gasteiger partial charge is 0.224 e. The van der Waals surface area contributed by atoms with Crippen LogP contribution in [0.3, 0.4) is 0 Å². The SMILES string of the molecule is CC(C)(CNC(=O)Cc1ccc2c(c1)OCCO2)N1CCCC1. The van der Waals surface area contributed by atoms with E-state index >= 15 is 0 Å². The van der Waals surface area contributed by atoms with Crippen molar-refractivity contribution >= 4 is 5.91 Å². The molecular weight excluding hydrogens is 292 g/mol. The Bertz CT molecular complexity index is 565. The lowest BCUT2D eigenvalue weighted by atomic mass is 10.0. The minimum absolute atomic E-state index is 0.0129. The van der Waals surface area contributed by atoms with Crippen molar-refractivity contribution in [2.75, 3.05) is 32.8 Å². The van der Waals surface area contributed by atoms with Gasteiger partial charge in [-0.05, 0) is 57.5 Å². The largest absolute Gasteiger partial charge is 0.486 e. The van der Waals surface area contributed by atoms with E-state index in [2.05, 4.69) is 24.1 Å². The van der Waals surface area contributed by atoms with E-state index in [0.717, 1.165) is 30.2 Å². The van der Waals surface area contributed by atoms with Crippen LogP contribution in [-0.4, -0.2) is 49.2 Å². The van der Waals surface area contributed by atoms with Crippen LogP contribution in [0, 0.1) is 0 Å². The molecule has 2 heterocycles. The second-order valence-electron chi connectivity index (χ2n) is 6.94. The first kappa shape index (κ1) is 16.1. The Morgan fingerprint density at radius 2 is 1.87 bits per heavy atom. The third kappa shape index (κ3) is 3.96. The van der Waals surface area contributed by atoms with Gasteiger partial charge in [0.2, 0.25) is 5.91 Å². The summed E-state index contributed by atoms with van der Waals surface area (Å²) in [5.41, 5.74) is 0.963. The Kier molecular flexibility index (Phi) is 4.76. The third-order valence-corrected chi connectivity index (χ3v) is 4.65. The number of hydrogen-bond donors (Lipinski definition) is 1. The van der Waals surface area contributed by atoms with Gasteiger partial charge in [0.05, 0.1) is 6.42 Å². The van der Waals surface area contributed by atoms with Gasteiger partial charge in [0.1, 0.15) is 13.2 Å². The molecule has 3 rings (SSSR count). The number of nitrogens with zero attached hydrogens (tertiary/aromatic N) is 1. The van der Waals surface area contributed by atoms with Crippen LogP contribution in [0.25, 0.3) is 0 Å². The molecule has 0 unspecified atom stereocenters. The molecule has 2 aliphatic rings. The zero-order valence-electron chi connectivity index (χ0n) is 14.1. The first-order valence-electron chi connectivity index (χ1n) is 8.45. The molecular formula is C18H26N2O3. The lowest BCUT2D eigenvalue weighted by molar-refractivity contribution is -0.121. The number of hydrogen-bond acceptors (Lipinski definition) is 4. The third-order valence-electron chi connectivity index (χ3n) is 4.65. The molecule has 1 fully saturated rings. The summed E-state index contributed by atoms with van der Waals surface area (Å²) in [4.78, 5) is 14.7. The van der Waals surface area contributed by atoms with Crippen LogP contribution in [0.15, 0.2) is 18.2 Å². The highest BCUT2D eigenvalue weighted by atomic mass is 16.6. The summed E-state index contributed by atoms with van der Waals surface area (Å²) >= 11 is 0. The summed E-state index contributed by atoms with van der Waals surface area (Å²) in [6.07, 6.45) is 2.88. The second-order valence-corrected chi connectivity index (χ2v) is 6.94. The standard InChI is InChI=1S/C18H26N2O3/c1-18(2,20-7-3-4-8-20)13-19-17(21)12-14-5-6-15-16(11-14)23-10-9-22-15/h5-6,11H,3-4,7-10,12-13H2,1-2H3,(H,19,21). The van der Waals surface area contributed by atoms with E-state index < -0.39 is 0 Å². The van der Waals surface area contributed by atoms with Gasteiger partial charge in [0.25, 0.3) is 0 Å². The van der Waals surface area contributed by atoms with Crippen molar-refractivity contribution in [2.45, 2.75) is 38.6 Å². The summed E-state index contributed by atoms with van der Waals surface area (Å²) in [7, 11) is 0. The quantitative estimate of drug-likeness (QED) is 0.902. The van der Waals surface area contributed by atoms with Crippen molar-refractivity contribution in [1.29, 1.82) is 0 Å². The number of amides is 1. The molecule has 2 aliphatic heterocycles. The first-order valence-corrected chi connectivity index (χ1v) is 8.45. The van der Waals surface area contributed by atoms with Gasteiger partial charge in [-0.3, -0.25) is 9.69 Å². The monoisotopic (exact) mass is 318 g/mol. The number of likely N-dealkylation sites (tertiary alicyclic amines) is 1. The van der Waals surface area contributed by atoms with Gasteiger partial charge in [-0.15, -0.1) is 0 Å². The fourth-order valence-corrected chi connectivity index (χ4v) is 3.19. The zero-order valence-corrected chi connectivity index (χ0v) is 14.1. The van der Waals surface area contributed by atoms with Gasteiger partial charge in [-0.1, -0.05) is 6.07 Å². The Labute approximate surface area is 137 Å². The number of carbonyl (C=O) groups excluding carboxylic acids is 1. The molecule has 126 valence electrons. The Balaban J connectivity index is 1.53. The minimum atomic E-state index is 0.0129. The van der Waals surface area contributed by atoms with E-state index in [1.807, 2.05) is 18.2 Å². The molecule has 0 aliphatic carbocycles. The van der Waals surface area contributed by atoms with E-state index in [1.54, 1.807) is 0 Å². The molecule has 0 aromatic heterocycles. The molecule has 0 saturated carbocycles. The van der Waals surface area contributed by atoms with Crippen LogP contribution in [0.1, 0.15) is 32.3 Å². The molecule has 5 heteroatoms. The number of ether oxygens (including phenoxy) is 2. The van der Waals surface area contributed by atoms with Crippen molar-refractivity contribution in [1.82, 2.24) is 10.2 Å². The fourth-order valence-electron chi connectivity index (χ4n) is 3.19. The van der Waals surface area contributed by atoms with Gasteiger partial charge < -0.3 is 14.8 Å². The topological polar surface area (TPSA) is 50.8 Å². The minimum Gasteiger partial charge on any atom is -0.486 e. The molecule has 0 spiro atoms. The number of rotatable bonds is 5. The summed E-state index contributed by atoms with van der Waals surface area (Å²) in [5, 5.41) is 3.08. The van der Waals surface area contributed by atoms with E-state index in [9.17, 15) is 4.79 Å². The van der Waals surface area contributed by atoms with E-state index in [-0.39, 0.29) is 11.4 Å². The number of carbonyl (C=O) groups is 1.